The van der Waals surface area contributed by atoms with E-state index in [1.165, 1.54) is 0 Å². The Morgan fingerprint density at radius 1 is 1.80 bits per heavy atom. The highest BCUT2D eigenvalue weighted by Crippen LogP contribution is 2.04. The smallest absolute Gasteiger partial charge is 0.122 e. The largest absolute Gasteiger partial charge is 0.332 e. The molecule has 1 aliphatic rings. The van der Waals surface area contributed by atoms with E-state index in [0.29, 0.717) is 6.04 Å². The second-order valence-electron chi connectivity index (χ2n) is 2.78. The second kappa shape index (κ2) is 2.09. The first-order chi connectivity index (χ1) is 4.86. The monoisotopic (exact) mass is 137 g/mol. The summed E-state index contributed by atoms with van der Waals surface area (Å²) < 4.78 is 2.20. The molecule has 54 valence electrons. The molecule has 0 aliphatic carbocycles. The van der Waals surface area contributed by atoms with Crippen molar-refractivity contribution in [2.24, 2.45) is 0 Å². The minimum Gasteiger partial charge on any atom is -0.332 e. The Morgan fingerprint density at radius 2 is 2.70 bits per heavy atom. The van der Waals surface area contributed by atoms with Gasteiger partial charge in [0.05, 0.1) is 6.54 Å². The lowest BCUT2D eigenvalue weighted by molar-refractivity contribution is 0.410. The minimum atomic E-state index is 0.585. The SMILES string of the molecule is C[C@@H]1Cn2ccnc2CN1. The Bertz CT molecular complexity index is 229. The van der Waals surface area contributed by atoms with Crippen LogP contribution in [0.25, 0.3) is 0 Å². The molecule has 1 aromatic heterocycles. The summed E-state index contributed by atoms with van der Waals surface area (Å²) in [6.07, 6.45) is 3.89. The van der Waals surface area contributed by atoms with Gasteiger partial charge in [0.1, 0.15) is 5.82 Å². The van der Waals surface area contributed by atoms with E-state index in [-0.39, 0.29) is 0 Å². The van der Waals surface area contributed by atoms with Crippen LogP contribution in [0.3, 0.4) is 0 Å². The van der Waals surface area contributed by atoms with E-state index in [9.17, 15) is 0 Å². The van der Waals surface area contributed by atoms with Gasteiger partial charge < -0.3 is 9.88 Å². The van der Waals surface area contributed by atoms with Gasteiger partial charge in [-0.05, 0) is 6.92 Å². The van der Waals surface area contributed by atoms with Gasteiger partial charge in [-0.3, -0.25) is 0 Å². The number of fused-ring (bicyclic) bond motifs is 1. The van der Waals surface area contributed by atoms with Crippen molar-refractivity contribution in [2.75, 3.05) is 0 Å². The first-order valence-corrected chi connectivity index (χ1v) is 3.59. The van der Waals surface area contributed by atoms with Crippen LogP contribution in [0.4, 0.5) is 0 Å². The van der Waals surface area contributed by atoms with Crippen molar-refractivity contribution in [1.82, 2.24) is 14.9 Å². The van der Waals surface area contributed by atoms with Crippen molar-refractivity contribution in [2.45, 2.75) is 26.1 Å². The molecule has 0 amide bonds. The molecule has 2 heterocycles. The van der Waals surface area contributed by atoms with E-state index in [4.69, 9.17) is 0 Å². The van der Waals surface area contributed by atoms with Crippen LogP contribution in [0.2, 0.25) is 0 Å². The van der Waals surface area contributed by atoms with Crippen molar-refractivity contribution in [1.29, 1.82) is 0 Å². The highest BCUT2D eigenvalue weighted by molar-refractivity contribution is 4.96. The number of nitrogens with one attached hydrogen (secondary N) is 1. The number of hydrogen-bond acceptors (Lipinski definition) is 2. The molecule has 1 aliphatic heterocycles. The fraction of sp³-hybridized carbons (Fsp3) is 0.571. The molecule has 1 aromatic rings. The van der Waals surface area contributed by atoms with Gasteiger partial charge >= 0.3 is 0 Å². The summed E-state index contributed by atoms with van der Waals surface area (Å²) in [4.78, 5) is 4.19. The van der Waals surface area contributed by atoms with Crippen molar-refractivity contribution < 1.29 is 0 Å². The van der Waals surface area contributed by atoms with Crippen molar-refractivity contribution in [3.05, 3.63) is 18.2 Å². The maximum atomic E-state index is 4.19. The first kappa shape index (κ1) is 5.92. The number of nitrogens with zero attached hydrogens (tertiary/aromatic N) is 2. The third-order valence-corrected chi connectivity index (χ3v) is 1.88. The fourth-order valence-corrected chi connectivity index (χ4v) is 1.30. The maximum Gasteiger partial charge on any atom is 0.122 e. The van der Waals surface area contributed by atoms with Crippen LogP contribution in [0.5, 0.6) is 0 Å². The average Bonchev–Trinajstić information content (AvgIpc) is 2.33. The van der Waals surface area contributed by atoms with E-state index in [2.05, 4.69) is 21.8 Å². The Morgan fingerprint density at radius 3 is 3.60 bits per heavy atom. The van der Waals surface area contributed by atoms with Crippen LogP contribution < -0.4 is 5.32 Å². The first-order valence-electron chi connectivity index (χ1n) is 3.59. The number of hydrogen-bond donors (Lipinski definition) is 1. The van der Waals surface area contributed by atoms with Crippen LogP contribution >= 0.6 is 0 Å². The Hall–Kier alpha value is -0.830. The Balaban J connectivity index is 2.30. The molecule has 1 N–H and O–H groups in total. The molecule has 2 rings (SSSR count). The van der Waals surface area contributed by atoms with Crippen LogP contribution in [-0.2, 0) is 13.1 Å². The van der Waals surface area contributed by atoms with Gasteiger partial charge in [-0.2, -0.15) is 0 Å². The van der Waals surface area contributed by atoms with E-state index >= 15 is 0 Å². The third kappa shape index (κ3) is 0.827. The summed E-state index contributed by atoms with van der Waals surface area (Å²) in [6.45, 7) is 4.15. The zero-order valence-electron chi connectivity index (χ0n) is 6.04. The average molecular weight is 137 g/mol. The van der Waals surface area contributed by atoms with Gasteiger partial charge in [0, 0.05) is 25.0 Å². The Labute approximate surface area is 60.1 Å². The van der Waals surface area contributed by atoms with E-state index in [1.807, 2.05) is 12.4 Å². The van der Waals surface area contributed by atoms with Gasteiger partial charge in [-0.1, -0.05) is 0 Å². The summed E-state index contributed by atoms with van der Waals surface area (Å²) in [7, 11) is 0. The van der Waals surface area contributed by atoms with Gasteiger partial charge in [0.15, 0.2) is 0 Å². The normalized spacial score (nSPS) is 24.3. The molecule has 3 heteroatoms. The predicted molar refractivity (Wildman–Crippen MR) is 38.5 cm³/mol. The summed E-state index contributed by atoms with van der Waals surface area (Å²) in [6, 6.07) is 0.585. The lowest BCUT2D eigenvalue weighted by Crippen LogP contribution is -2.36. The van der Waals surface area contributed by atoms with E-state index < -0.39 is 0 Å². The van der Waals surface area contributed by atoms with Crippen molar-refractivity contribution in [3.63, 3.8) is 0 Å². The van der Waals surface area contributed by atoms with Crippen LogP contribution in [0.1, 0.15) is 12.7 Å². The molecule has 0 unspecified atom stereocenters. The molecule has 0 saturated heterocycles. The van der Waals surface area contributed by atoms with Gasteiger partial charge in [-0.15, -0.1) is 0 Å². The standard InChI is InChI=1S/C7H11N3/c1-6-5-10-3-2-8-7(10)4-9-6/h2-3,6,9H,4-5H2,1H3/t6-/m1/s1. The summed E-state index contributed by atoms with van der Waals surface area (Å²) in [5.74, 6) is 1.15. The topological polar surface area (TPSA) is 29.9 Å². The maximum absolute atomic E-state index is 4.19. The highest BCUT2D eigenvalue weighted by Gasteiger charge is 2.12. The van der Waals surface area contributed by atoms with Crippen LogP contribution in [-0.4, -0.2) is 15.6 Å². The molecule has 0 saturated carbocycles. The highest BCUT2D eigenvalue weighted by atomic mass is 15.2. The molecule has 0 spiro atoms. The number of aromatic nitrogens is 2. The van der Waals surface area contributed by atoms with Crippen molar-refractivity contribution in [3.8, 4) is 0 Å². The zero-order valence-corrected chi connectivity index (χ0v) is 6.04. The molecule has 10 heavy (non-hydrogen) atoms. The molecule has 3 nitrogen and oxygen atoms in total. The van der Waals surface area contributed by atoms with Crippen LogP contribution in [0, 0.1) is 0 Å². The molecule has 0 bridgehead atoms. The van der Waals surface area contributed by atoms with E-state index in [1.54, 1.807) is 0 Å². The third-order valence-electron chi connectivity index (χ3n) is 1.88. The van der Waals surface area contributed by atoms with Gasteiger partial charge in [0.25, 0.3) is 0 Å². The molecular formula is C7H11N3. The minimum absolute atomic E-state index is 0.585. The quantitative estimate of drug-likeness (QED) is 0.560. The van der Waals surface area contributed by atoms with Crippen molar-refractivity contribution >= 4 is 0 Å². The molecule has 0 fully saturated rings. The Kier molecular flexibility index (Phi) is 1.24. The van der Waals surface area contributed by atoms with Gasteiger partial charge in [0.2, 0.25) is 0 Å². The molecule has 0 aromatic carbocycles. The summed E-state index contributed by atoms with van der Waals surface area (Å²) in [5.41, 5.74) is 0. The predicted octanol–water partition coefficient (Wildman–Crippen LogP) is 0.375. The zero-order chi connectivity index (χ0) is 6.97. The molecular weight excluding hydrogens is 126 g/mol. The van der Waals surface area contributed by atoms with Crippen LogP contribution in [0.15, 0.2) is 12.4 Å². The summed E-state index contributed by atoms with van der Waals surface area (Å²) >= 11 is 0. The van der Waals surface area contributed by atoms with Gasteiger partial charge in [-0.25, -0.2) is 4.98 Å². The molecule has 1 atom stereocenters. The second-order valence-corrected chi connectivity index (χ2v) is 2.78. The van der Waals surface area contributed by atoms with E-state index in [0.717, 1.165) is 18.9 Å². The fourth-order valence-electron chi connectivity index (χ4n) is 1.30. The lowest BCUT2D eigenvalue weighted by Gasteiger charge is -2.21. The lowest BCUT2D eigenvalue weighted by atomic mass is 10.3. The number of imidazole rings is 1. The number of rotatable bonds is 0. The molecule has 0 radical (unpaired) electrons. The summed E-state index contributed by atoms with van der Waals surface area (Å²) in [5, 5.41) is 3.34.